The number of nitrogens with zero attached hydrogens (tertiary/aromatic N) is 4. The molecule has 2 aliphatic heterocycles. The number of ether oxygens (including phenoxy) is 2. The van der Waals surface area contributed by atoms with Crippen molar-refractivity contribution in [2.24, 2.45) is 5.92 Å². The molecule has 2 aromatic rings. The quantitative estimate of drug-likeness (QED) is 0.407. The van der Waals surface area contributed by atoms with Crippen LogP contribution in [0.3, 0.4) is 0 Å². The molecule has 2 saturated heterocycles. The van der Waals surface area contributed by atoms with Crippen molar-refractivity contribution in [3.05, 3.63) is 30.2 Å². The lowest BCUT2D eigenvalue weighted by Crippen LogP contribution is -2.51. The fourth-order valence-corrected chi connectivity index (χ4v) is 6.26. The van der Waals surface area contributed by atoms with Crippen molar-refractivity contribution in [3.8, 4) is 5.88 Å². The second kappa shape index (κ2) is 13.4. The zero-order valence-corrected chi connectivity index (χ0v) is 24.5. The predicted molar refractivity (Wildman–Crippen MR) is 156 cm³/mol. The molecule has 8 nitrogen and oxygen atoms in total. The molecular weight excluding hydrogens is 490 g/mol. The van der Waals surface area contributed by atoms with Crippen molar-refractivity contribution in [2.75, 3.05) is 42.5 Å². The Morgan fingerprint density at radius 3 is 2.49 bits per heavy atom. The van der Waals surface area contributed by atoms with Gasteiger partial charge in [-0.1, -0.05) is 39.3 Å². The van der Waals surface area contributed by atoms with Gasteiger partial charge in [0.15, 0.2) is 5.82 Å². The standard InChI is InChI=1S/C31H49N5O3/c1-5-6-25-21-32-15-18-36(25)24-11-14-33-31(19-24)38-27-9-7-26(8-10-27)37-28-12-16-35(17-13-28)30-20-29(39-34-30)23(4)22(2)3/h11,14,19-20,22-23,25-28,32H,5-10,12-13,15-18,21H2,1-4H3. The Kier molecular flexibility index (Phi) is 9.66. The fraction of sp³-hybridized carbons (Fsp3) is 0.742. The molecule has 5 rings (SSSR count). The molecule has 3 fully saturated rings. The molecule has 216 valence electrons. The zero-order valence-electron chi connectivity index (χ0n) is 24.5. The summed E-state index contributed by atoms with van der Waals surface area (Å²) < 4.78 is 18.6. The van der Waals surface area contributed by atoms with E-state index in [1.54, 1.807) is 0 Å². The average Bonchev–Trinajstić information content (AvgIpc) is 3.45. The van der Waals surface area contributed by atoms with E-state index in [0.29, 0.717) is 30.1 Å². The summed E-state index contributed by atoms with van der Waals surface area (Å²) in [7, 11) is 0. The van der Waals surface area contributed by atoms with Crippen LogP contribution in [0.2, 0.25) is 0 Å². The average molecular weight is 540 g/mol. The van der Waals surface area contributed by atoms with Gasteiger partial charge in [0.05, 0.1) is 12.2 Å². The summed E-state index contributed by atoms with van der Waals surface area (Å²) in [4.78, 5) is 9.42. The number of hydrogen-bond donors (Lipinski definition) is 1. The number of aromatic nitrogens is 2. The van der Waals surface area contributed by atoms with Gasteiger partial charge in [0.1, 0.15) is 11.9 Å². The van der Waals surface area contributed by atoms with E-state index in [9.17, 15) is 0 Å². The summed E-state index contributed by atoms with van der Waals surface area (Å²) in [6.45, 7) is 14.0. The van der Waals surface area contributed by atoms with Gasteiger partial charge in [-0.25, -0.2) is 4.98 Å². The van der Waals surface area contributed by atoms with E-state index in [4.69, 9.17) is 14.0 Å². The Morgan fingerprint density at radius 1 is 1.00 bits per heavy atom. The topological polar surface area (TPSA) is 75.9 Å². The van der Waals surface area contributed by atoms with Gasteiger partial charge in [-0.3, -0.25) is 0 Å². The summed E-state index contributed by atoms with van der Waals surface area (Å²) in [5.74, 6) is 3.66. The van der Waals surface area contributed by atoms with Crippen LogP contribution in [-0.2, 0) is 4.74 Å². The van der Waals surface area contributed by atoms with Gasteiger partial charge in [-0.15, -0.1) is 0 Å². The van der Waals surface area contributed by atoms with Crippen LogP contribution in [-0.4, -0.2) is 67.2 Å². The van der Waals surface area contributed by atoms with Crippen LogP contribution in [0.25, 0.3) is 0 Å². The van der Waals surface area contributed by atoms with E-state index in [1.807, 2.05) is 6.20 Å². The van der Waals surface area contributed by atoms with Gasteiger partial charge in [0.2, 0.25) is 5.88 Å². The van der Waals surface area contributed by atoms with Gasteiger partial charge in [0, 0.05) is 68.7 Å². The lowest BCUT2D eigenvalue weighted by molar-refractivity contribution is -0.0531. The Labute approximate surface area is 234 Å². The number of piperidine rings is 1. The van der Waals surface area contributed by atoms with Crippen LogP contribution in [0.1, 0.15) is 90.7 Å². The highest BCUT2D eigenvalue weighted by Crippen LogP contribution is 2.31. The zero-order chi connectivity index (χ0) is 27.2. The molecule has 2 aromatic heterocycles. The van der Waals surface area contributed by atoms with Crippen LogP contribution in [0.4, 0.5) is 11.5 Å². The minimum atomic E-state index is 0.221. The third kappa shape index (κ3) is 7.26. The Morgan fingerprint density at radius 2 is 1.74 bits per heavy atom. The normalized spacial score (nSPS) is 25.7. The van der Waals surface area contributed by atoms with E-state index >= 15 is 0 Å². The van der Waals surface area contributed by atoms with E-state index in [2.05, 4.69) is 71.2 Å². The Bertz CT molecular complexity index is 1010. The minimum absolute atomic E-state index is 0.221. The molecule has 1 saturated carbocycles. The minimum Gasteiger partial charge on any atom is -0.474 e. The SMILES string of the molecule is CCCC1CNCCN1c1ccnc(OC2CCC(OC3CCN(c4cc(C(C)C(C)C)on4)CC3)CC2)c1. The van der Waals surface area contributed by atoms with E-state index in [-0.39, 0.29) is 6.10 Å². The second-order valence-electron chi connectivity index (χ2n) is 12.2. The van der Waals surface area contributed by atoms with Crippen molar-refractivity contribution in [1.29, 1.82) is 0 Å². The lowest BCUT2D eigenvalue weighted by Gasteiger charge is -2.38. The summed E-state index contributed by atoms with van der Waals surface area (Å²) in [5.41, 5.74) is 1.24. The first-order valence-corrected chi connectivity index (χ1v) is 15.5. The van der Waals surface area contributed by atoms with Gasteiger partial charge >= 0.3 is 0 Å². The van der Waals surface area contributed by atoms with Crippen LogP contribution < -0.4 is 19.9 Å². The highest BCUT2D eigenvalue weighted by molar-refractivity contribution is 5.49. The predicted octanol–water partition coefficient (Wildman–Crippen LogP) is 5.78. The number of pyridine rings is 1. The highest BCUT2D eigenvalue weighted by atomic mass is 16.5. The first kappa shape index (κ1) is 28.2. The van der Waals surface area contributed by atoms with Crippen molar-refractivity contribution < 1.29 is 14.0 Å². The molecule has 0 aromatic carbocycles. The lowest BCUT2D eigenvalue weighted by atomic mass is 9.94. The Balaban J connectivity index is 1.05. The Hall–Kier alpha value is -2.32. The van der Waals surface area contributed by atoms with Gasteiger partial charge in [-0.2, -0.15) is 0 Å². The molecule has 4 heterocycles. The van der Waals surface area contributed by atoms with Crippen LogP contribution in [0.5, 0.6) is 5.88 Å². The molecule has 0 bridgehead atoms. The van der Waals surface area contributed by atoms with Crippen molar-refractivity contribution in [1.82, 2.24) is 15.5 Å². The summed E-state index contributed by atoms with van der Waals surface area (Å²) in [5, 5.41) is 7.90. The molecule has 3 aliphatic rings. The highest BCUT2D eigenvalue weighted by Gasteiger charge is 2.29. The molecule has 1 aliphatic carbocycles. The smallest absolute Gasteiger partial charge is 0.215 e. The third-order valence-corrected chi connectivity index (χ3v) is 9.05. The second-order valence-corrected chi connectivity index (χ2v) is 12.2. The van der Waals surface area contributed by atoms with E-state index in [0.717, 1.165) is 88.7 Å². The summed E-state index contributed by atoms with van der Waals surface area (Å²) in [6, 6.07) is 6.95. The maximum absolute atomic E-state index is 6.57. The molecule has 2 atom stereocenters. The van der Waals surface area contributed by atoms with E-state index in [1.165, 1.54) is 18.5 Å². The fourth-order valence-electron chi connectivity index (χ4n) is 6.26. The molecule has 39 heavy (non-hydrogen) atoms. The molecule has 8 heteroatoms. The van der Waals surface area contributed by atoms with Crippen LogP contribution in [0.15, 0.2) is 28.9 Å². The molecule has 0 spiro atoms. The molecule has 2 unspecified atom stereocenters. The van der Waals surface area contributed by atoms with Crippen molar-refractivity contribution in [3.63, 3.8) is 0 Å². The number of anilines is 2. The first-order valence-electron chi connectivity index (χ1n) is 15.5. The number of piperazine rings is 1. The number of rotatable bonds is 10. The van der Waals surface area contributed by atoms with Gasteiger partial charge in [-0.05, 0) is 56.9 Å². The van der Waals surface area contributed by atoms with E-state index < -0.39 is 0 Å². The molecule has 0 amide bonds. The van der Waals surface area contributed by atoms with Gasteiger partial charge < -0.3 is 29.1 Å². The molecule has 0 radical (unpaired) electrons. The maximum Gasteiger partial charge on any atom is 0.215 e. The maximum atomic E-state index is 6.57. The summed E-state index contributed by atoms with van der Waals surface area (Å²) in [6.07, 6.45) is 11.4. The van der Waals surface area contributed by atoms with Crippen LogP contribution in [0, 0.1) is 5.92 Å². The number of hydrogen-bond acceptors (Lipinski definition) is 8. The molecular formula is C31H49N5O3. The molecule has 1 N–H and O–H groups in total. The van der Waals surface area contributed by atoms with Gasteiger partial charge in [0.25, 0.3) is 0 Å². The van der Waals surface area contributed by atoms with Crippen molar-refractivity contribution >= 4 is 11.5 Å². The van der Waals surface area contributed by atoms with Crippen LogP contribution >= 0.6 is 0 Å². The summed E-state index contributed by atoms with van der Waals surface area (Å²) >= 11 is 0. The first-order chi connectivity index (χ1) is 19.0. The number of nitrogens with one attached hydrogen (secondary N) is 1. The van der Waals surface area contributed by atoms with Crippen molar-refractivity contribution in [2.45, 2.75) is 109 Å². The monoisotopic (exact) mass is 539 g/mol. The largest absolute Gasteiger partial charge is 0.474 e. The third-order valence-electron chi connectivity index (χ3n) is 9.05.